The number of methoxy groups -OCH3 is 1. The van der Waals surface area contributed by atoms with Crippen molar-refractivity contribution in [2.24, 2.45) is 5.73 Å². The molecule has 0 aliphatic carbocycles. The monoisotopic (exact) mass is 351 g/mol. The fourth-order valence-electron chi connectivity index (χ4n) is 2.53. The van der Waals surface area contributed by atoms with Crippen LogP contribution >= 0.6 is 15.9 Å². The molecule has 0 fully saturated rings. The molecule has 3 rings (SSSR count). The Morgan fingerprint density at radius 1 is 1.29 bits per heavy atom. The first-order chi connectivity index (χ1) is 10.1. The third-order valence-corrected chi connectivity index (χ3v) is 4.28. The summed E-state index contributed by atoms with van der Waals surface area (Å²) >= 11 is 3.20. The smallest absolute Gasteiger partial charge is 0.137 e. The molecule has 0 radical (unpaired) electrons. The van der Waals surface area contributed by atoms with E-state index in [-0.39, 0.29) is 18.0 Å². The summed E-state index contributed by atoms with van der Waals surface area (Å²) in [5.41, 5.74) is 8.09. The van der Waals surface area contributed by atoms with Gasteiger partial charge < -0.3 is 15.2 Å². The van der Waals surface area contributed by atoms with Gasteiger partial charge in [-0.25, -0.2) is 4.39 Å². The molecule has 2 N–H and O–H groups in total. The Bertz CT molecular complexity index is 677. The average molecular weight is 352 g/mol. The highest BCUT2D eigenvalue weighted by molar-refractivity contribution is 9.10. The molecule has 2 unspecified atom stereocenters. The first-order valence-corrected chi connectivity index (χ1v) is 7.43. The van der Waals surface area contributed by atoms with Gasteiger partial charge in [-0.15, -0.1) is 0 Å². The fraction of sp³-hybridized carbons (Fsp3) is 0.250. The zero-order valence-electron chi connectivity index (χ0n) is 11.5. The Labute approximate surface area is 131 Å². The van der Waals surface area contributed by atoms with Crippen LogP contribution in [-0.2, 0) is 0 Å². The lowest BCUT2D eigenvalue weighted by Crippen LogP contribution is -2.24. The Hall–Kier alpha value is -1.59. The van der Waals surface area contributed by atoms with Crippen LogP contribution in [-0.4, -0.2) is 7.11 Å². The standard InChI is InChI=1S/C16H15BrFNO2/c1-20-10-3-4-11-14(19)8-15(21-16(11)7-10)9-2-5-13(18)12(17)6-9/h2-7,14-15H,8,19H2,1H3. The van der Waals surface area contributed by atoms with E-state index in [9.17, 15) is 4.39 Å². The molecule has 2 atom stereocenters. The summed E-state index contributed by atoms with van der Waals surface area (Å²) < 4.78 is 25.0. The highest BCUT2D eigenvalue weighted by atomic mass is 79.9. The van der Waals surface area contributed by atoms with Gasteiger partial charge in [0.05, 0.1) is 11.6 Å². The molecule has 0 amide bonds. The van der Waals surface area contributed by atoms with Gasteiger partial charge in [0, 0.05) is 24.1 Å². The number of nitrogens with two attached hydrogens (primary N) is 1. The predicted molar refractivity (Wildman–Crippen MR) is 82.0 cm³/mol. The predicted octanol–water partition coefficient (Wildman–Crippen LogP) is 4.12. The SMILES string of the molecule is COc1ccc2c(c1)OC(c1ccc(F)c(Br)c1)CC2N. The number of hydrogen-bond acceptors (Lipinski definition) is 3. The van der Waals surface area contributed by atoms with Crippen molar-refractivity contribution in [3.8, 4) is 11.5 Å². The maximum atomic E-state index is 13.4. The molecule has 0 aromatic heterocycles. The molecule has 0 saturated heterocycles. The minimum atomic E-state index is -0.291. The van der Waals surface area contributed by atoms with E-state index in [1.54, 1.807) is 19.2 Å². The Morgan fingerprint density at radius 2 is 2.10 bits per heavy atom. The fourth-order valence-corrected chi connectivity index (χ4v) is 2.92. The lowest BCUT2D eigenvalue weighted by Gasteiger charge is -2.31. The van der Waals surface area contributed by atoms with Gasteiger partial charge in [0.15, 0.2) is 0 Å². The molecule has 2 aromatic rings. The molecule has 21 heavy (non-hydrogen) atoms. The number of halogens is 2. The van der Waals surface area contributed by atoms with Crippen LogP contribution in [0.2, 0.25) is 0 Å². The Morgan fingerprint density at radius 3 is 2.81 bits per heavy atom. The summed E-state index contributed by atoms with van der Waals surface area (Å²) in [6.07, 6.45) is 0.453. The summed E-state index contributed by atoms with van der Waals surface area (Å²) in [5.74, 6) is 1.15. The summed E-state index contributed by atoms with van der Waals surface area (Å²) in [5, 5.41) is 0. The van der Waals surface area contributed by atoms with Gasteiger partial charge >= 0.3 is 0 Å². The Balaban J connectivity index is 1.94. The third-order valence-electron chi connectivity index (χ3n) is 3.67. The third kappa shape index (κ3) is 2.76. The van der Waals surface area contributed by atoms with Crippen molar-refractivity contribution in [2.75, 3.05) is 7.11 Å². The molecule has 0 spiro atoms. The minimum absolute atomic E-state index is 0.117. The van der Waals surface area contributed by atoms with Gasteiger partial charge in [-0.3, -0.25) is 0 Å². The second-order valence-corrected chi connectivity index (χ2v) is 5.88. The van der Waals surface area contributed by atoms with E-state index in [4.69, 9.17) is 15.2 Å². The molecule has 1 heterocycles. The normalized spacial score (nSPS) is 20.6. The van der Waals surface area contributed by atoms with Crippen molar-refractivity contribution in [1.82, 2.24) is 0 Å². The quantitative estimate of drug-likeness (QED) is 0.884. The topological polar surface area (TPSA) is 44.5 Å². The maximum absolute atomic E-state index is 13.4. The summed E-state index contributed by atoms with van der Waals surface area (Å²) in [6, 6.07) is 10.4. The minimum Gasteiger partial charge on any atom is -0.497 e. The summed E-state index contributed by atoms with van der Waals surface area (Å²) in [7, 11) is 1.61. The van der Waals surface area contributed by atoms with Crippen molar-refractivity contribution in [2.45, 2.75) is 18.6 Å². The van der Waals surface area contributed by atoms with Gasteiger partial charge in [0.2, 0.25) is 0 Å². The summed E-state index contributed by atoms with van der Waals surface area (Å²) in [6.45, 7) is 0. The van der Waals surface area contributed by atoms with Crippen molar-refractivity contribution >= 4 is 15.9 Å². The number of rotatable bonds is 2. The van der Waals surface area contributed by atoms with Gasteiger partial charge in [-0.2, -0.15) is 0 Å². The van der Waals surface area contributed by atoms with E-state index < -0.39 is 0 Å². The molecule has 0 saturated carbocycles. The molecule has 1 aliphatic rings. The average Bonchev–Trinajstić information content (AvgIpc) is 2.49. The lowest BCUT2D eigenvalue weighted by atomic mass is 9.93. The van der Waals surface area contributed by atoms with Crippen molar-refractivity contribution in [3.05, 3.63) is 57.8 Å². The molecule has 1 aliphatic heterocycles. The zero-order valence-corrected chi connectivity index (χ0v) is 13.1. The second-order valence-electron chi connectivity index (χ2n) is 5.03. The van der Waals surface area contributed by atoms with E-state index in [1.807, 2.05) is 18.2 Å². The Kier molecular flexibility index (Phi) is 3.87. The van der Waals surface area contributed by atoms with Crippen LogP contribution in [0.4, 0.5) is 4.39 Å². The van der Waals surface area contributed by atoms with Gasteiger partial charge in [-0.1, -0.05) is 12.1 Å². The van der Waals surface area contributed by atoms with Crippen molar-refractivity contribution < 1.29 is 13.9 Å². The van der Waals surface area contributed by atoms with E-state index in [0.29, 0.717) is 10.9 Å². The van der Waals surface area contributed by atoms with Crippen LogP contribution in [0.25, 0.3) is 0 Å². The maximum Gasteiger partial charge on any atom is 0.137 e. The molecular weight excluding hydrogens is 337 g/mol. The number of benzene rings is 2. The van der Waals surface area contributed by atoms with Crippen LogP contribution < -0.4 is 15.2 Å². The van der Waals surface area contributed by atoms with E-state index in [2.05, 4.69) is 15.9 Å². The van der Waals surface area contributed by atoms with Gasteiger partial charge in [-0.05, 0) is 39.7 Å². The molecule has 2 aromatic carbocycles. The van der Waals surface area contributed by atoms with Gasteiger partial charge in [0.1, 0.15) is 23.4 Å². The first kappa shape index (κ1) is 14.4. The molecule has 3 nitrogen and oxygen atoms in total. The van der Waals surface area contributed by atoms with Crippen LogP contribution in [0.5, 0.6) is 11.5 Å². The molecule has 0 bridgehead atoms. The van der Waals surface area contributed by atoms with E-state index in [0.717, 1.165) is 22.6 Å². The molecule has 110 valence electrons. The lowest BCUT2D eigenvalue weighted by molar-refractivity contribution is 0.160. The van der Waals surface area contributed by atoms with Crippen molar-refractivity contribution in [3.63, 3.8) is 0 Å². The highest BCUT2D eigenvalue weighted by Gasteiger charge is 2.27. The second kappa shape index (κ2) is 5.66. The van der Waals surface area contributed by atoms with Crippen LogP contribution in [0.15, 0.2) is 40.9 Å². The first-order valence-electron chi connectivity index (χ1n) is 6.63. The van der Waals surface area contributed by atoms with E-state index >= 15 is 0 Å². The summed E-state index contributed by atoms with van der Waals surface area (Å²) in [4.78, 5) is 0. The van der Waals surface area contributed by atoms with Crippen LogP contribution in [0, 0.1) is 5.82 Å². The highest BCUT2D eigenvalue weighted by Crippen LogP contribution is 2.41. The van der Waals surface area contributed by atoms with Crippen LogP contribution in [0.3, 0.4) is 0 Å². The zero-order chi connectivity index (χ0) is 15.0. The number of fused-ring (bicyclic) bond motifs is 1. The van der Waals surface area contributed by atoms with Crippen molar-refractivity contribution in [1.29, 1.82) is 0 Å². The molecular formula is C16H15BrFNO2. The number of ether oxygens (including phenoxy) is 2. The van der Waals surface area contributed by atoms with Crippen LogP contribution in [0.1, 0.15) is 29.7 Å². The number of hydrogen-bond donors (Lipinski definition) is 1. The largest absolute Gasteiger partial charge is 0.497 e. The van der Waals surface area contributed by atoms with E-state index in [1.165, 1.54) is 6.07 Å². The van der Waals surface area contributed by atoms with Gasteiger partial charge in [0.25, 0.3) is 0 Å². The molecule has 5 heteroatoms.